The summed E-state index contributed by atoms with van der Waals surface area (Å²) in [7, 11) is 0. The van der Waals surface area contributed by atoms with Gasteiger partial charge in [0, 0.05) is 0 Å². The molecule has 2 rings (SSSR count). The first-order valence-corrected chi connectivity index (χ1v) is 8.06. The van der Waals surface area contributed by atoms with Gasteiger partial charge in [-0.25, -0.2) is 9.18 Å². The number of halogens is 1. The van der Waals surface area contributed by atoms with Crippen LogP contribution in [0.2, 0.25) is 0 Å². The minimum atomic E-state index is -0.987. The first-order chi connectivity index (χ1) is 11.9. The number of rotatable bonds is 8. The van der Waals surface area contributed by atoms with Gasteiger partial charge < -0.3 is 15.6 Å². The van der Waals surface area contributed by atoms with Gasteiger partial charge in [0.1, 0.15) is 17.4 Å². The molecule has 0 saturated heterocycles. The van der Waals surface area contributed by atoms with E-state index in [9.17, 15) is 14.3 Å². The quantitative estimate of drug-likeness (QED) is 0.501. The summed E-state index contributed by atoms with van der Waals surface area (Å²) in [6, 6.07) is 11.2. The van der Waals surface area contributed by atoms with Crippen molar-refractivity contribution in [3.8, 4) is 16.9 Å². The third kappa shape index (κ3) is 4.79. The van der Waals surface area contributed by atoms with Gasteiger partial charge in [0.2, 0.25) is 0 Å². The van der Waals surface area contributed by atoms with E-state index in [0.717, 1.165) is 18.4 Å². The van der Waals surface area contributed by atoms with E-state index in [0.29, 0.717) is 17.7 Å². The smallest absolute Gasteiger partial charge is 0.344 e. The number of amidine groups is 1. The number of aliphatic carboxylic acids is 1. The van der Waals surface area contributed by atoms with Gasteiger partial charge in [-0.05, 0) is 48.2 Å². The Morgan fingerprint density at radius 2 is 1.88 bits per heavy atom. The summed E-state index contributed by atoms with van der Waals surface area (Å²) in [6.07, 6.45) is 1.24. The molecule has 1 unspecified atom stereocenters. The van der Waals surface area contributed by atoms with Gasteiger partial charge in [0.25, 0.3) is 0 Å². The lowest BCUT2D eigenvalue weighted by Gasteiger charge is -2.15. The molecule has 0 heterocycles. The number of nitrogens with one attached hydrogen (secondary N) is 1. The van der Waals surface area contributed by atoms with E-state index in [1.807, 2.05) is 6.92 Å². The molecule has 1 atom stereocenters. The van der Waals surface area contributed by atoms with Crippen LogP contribution in [-0.4, -0.2) is 23.0 Å². The molecular formula is C19H21FN2O3. The minimum Gasteiger partial charge on any atom is -0.479 e. The second-order valence-electron chi connectivity index (χ2n) is 5.72. The third-order valence-electron chi connectivity index (χ3n) is 3.82. The number of nitrogen functional groups attached to an aromatic ring is 1. The molecule has 132 valence electrons. The van der Waals surface area contributed by atoms with E-state index in [-0.39, 0.29) is 11.4 Å². The van der Waals surface area contributed by atoms with Crippen LogP contribution in [0.15, 0.2) is 42.5 Å². The summed E-state index contributed by atoms with van der Waals surface area (Å²) in [4.78, 5) is 11.2. The van der Waals surface area contributed by atoms with Crippen molar-refractivity contribution in [2.75, 3.05) is 0 Å². The van der Waals surface area contributed by atoms with E-state index in [1.54, 1.807) is 30.3 Å². The maximum absolute atomic E-state index is 13.9. The number of ether oxygens (including phenoxy) is 1. The zero-order valence-electron chi connectivity index (χ0n) is 14.0. The highest BCUT2D eigenvalue weighted by Crippen LogP contribution is 2.25. The number of benzene rings is 2. The van der Waals surface area contributed by atoms with Gasteiger partial charge in [-0.1, -0.05) is 31.5 Å². The topological polar surface area (TPSA) is 96.4 Å². The molecule has 2 aromatic carbocycles. The minimum absolute atomic E-state index is 0.0592. The summed E-state index contributed by atoms with van der Waals surface area (Å²) in [6.45, 7) is 1.99. The number of hydrogen-bond acceptors (Lipinski definition) is 3. The van der Waals surface area contributed by atoms with Gasteiger partial charge >= 0.3 is 5.97 Å². The van der Waals surface area contributed by atoms with Crippen molar-refractivity contribution in [3.05, 3.63) is 53.8 Å². The fourth-order valence-corrected chi connectivity index (χ4v) is 2.43. The number of nitrogens with two attached hydrogens (primary N) is 1. The van der Waals surface area contributed by atoms with Gasteiger partial charge in [-0.3, -0.25) is 5.41 Å². The van der Waals surface area contributed by atoms with Crippen LogP contribution >= 0.6 is 0 Å². The molecule has 0 aliphatic carbocycles. The van der Waals surface area contributed by atoms with Crippen molar-refractivity contribution in [3.63, 3.8) is 0 Å². The summed E-state index contributed by atoms with van der Waals surface area (Å²) in [5.41, 5.74) is 6.75. The Hall–Kier alpha value is -2.89. The van der Waals surface area contributed by atoms with Crippen molar-refractivity contribution in [1.29, 1.82) is 5.41 Å². The van der Waals surface area contributed by atoms with Crippen LogP contribution in [0.3, 0.4) is 0 Å². The molecule has 0 aliphatic heterocycles. The van der Waals surface area contributed by atoms with Crippen molar-refractivity contribution >= 4 is 11.8 Å². The molecule has 0 fully saturated rings. The van der Waals surface area contributed by atoms with Crippen LogP contribution in [-0.2, 0) is 4.79 Å². The van der Waals surface area contributed by atoms with Crippen LogP contribution < -0.4 is 10.5 Å². The molecule has 6 heteroatoms. The lowest BCUT2D eigenvalue weighted by Crippen LogP contribution is -2.26. The number of carbonyl (C=O) groups is 1. The predicted molar refractivity (Wildman–Crippen MR) is 94.4 cm³/mol. The molecule has 0 radical (unpaired) electrons. The Kier molecular flexibility index (Phi) is 6.11. The van der Waals surface area contributed by atoms with Crippen molar-refractivity contribution < 1.29 is 19.0 Å². The lowest BCUT2D eigenvalue weighted by molar-refractivity contribution is -0.145. The van der Waals surface area contributed by atoms with E-state index >= 15 is 0 Å². The van der Waals surface area contributed by atoms with Crippen LogP contribution in [0, 0.1) is 11.2 Å². The van der Waals surface area contributed by atoms with Gasteiger partial charge in [0.05, 0.1) is 5.56 Å². The van der Waals surface area contributed by atoms with Crippen molar-refractivity contribution in [2.45, 2.75) is 32.3 Å². The monoisotopic (exact) mass is 344 g/mol. The Morgan fingerprint density at radius 3 is 2.40 bits per heavy atom. The maximum atomic E-state index is 13.9. The normalized spacial score (nSPS) is 11.8. The van der Waals surface area contributed by atoms with Crippen LogP contribution in [0.1, 0.15) is 31.7 Å². The first kappa shape index (κ1) is 18.4. The summed E-state index contributed by atoms with van der Waals surface area (Å²) < 4.78 is 19.5. The van der Waals surface area contributed by atoms with Crippen molar-refractivity contribution in [2.24, 2.45) is 5.73 Å². The molecule has 0 aliphatic rings. The van der Waals surface area contributed by atoms with E-state index < -0.39 is 17.9 Å². The molecule has 0 saturated carbocycles. The fourth-order valence-electron chi connectivity index (χ4n) is 2.43. The average molecular weight is 344 g/mol. The number of unbranched alkanes of at least 4 members (excludes halogenated alkanes) is 1. The summed E-state index contributed by atoms with van der Waals surface area (Å²) in [5.74, 6) is -1.41. The molecule has 0 bridgehead atoms. The Morgan fingerprint density at radius 1 is 1.24 bits per heavy atom. The molecule has 5 nitrogen and oxygen atoms in total. The number of carboxylic acid groups (broad SMARTS) is 1. The Labute approximate surface area is 145 Å². The summed E-state index contributed by atoms with van der Waals surface area (Å²) in [5, 5.41) is 16.5. The lowest BCUT2D eigenvalue weighted by atomic mass is 10.0. The second kappa shape index (κ2) is 8.28. The van der Waals surface area contributed by atoms with Crippen LogP contribution in [0.25, 0.3) is 11.1 Å². The number of hydrogen-bond donors (Lipinski definition) is 3. The molecule has 0 aromatic heterocycles. The van der Waals surface area contributed by atoms with Crippen LogP contribution in [0.5, 0.6) is 5.75 Å². The summed E-state index contributed by atoms with van der Waals surface area (Å²) >= 11 is 0. The largest absolute Gasteiger partial charge is 0.479 e. The molecule has 2 aromatic rings. The molecule has 4 N–H and O–H groups in total. The van der Waals surface area contributed by atoms with Crippen LogP contribution in [0.4, 0.5) is 4.39 Å². The molecule has 25 heavy (non-hydrogen) atoms. The maximum Gasteiger partial charge on any atom is 0.344 e. The predicted octanol–water partition coefficient (Wildman–Crippen LogP) is 3.80. The second-order valence-corrected chi connectivity index (χ2v) is 5.72. The fraction of sp³-hybridized carbons (Fsp3) is 0.263. The Balaban J connectivity index is 2.15. The first-order valence-electron chi connectivity index (χ1n) is 8.06. The van der Waals surface area contributed by atoms with E-state index in [2.05, 4.69) is 0 Å². The number of carboxylic acids is 1. The van der Waals surface area contributed by atoms with E-state index in [1.165, 1.54) is 12.1 Å². The van der Waals surface area contributed by atoms with Crippen molar-refractivity contribution in [1.82, 2.24) is 0 Å². The highest BCUT2D eigenvalue weighted by Gasteiger charge is 2.18. The molecular weight excluding hydrogens is 323 g/mol. The molecule has 0 amide bonds. The SMILES string of the molecule is CCCCC(Oc1ccc(-c2ccc(C(=N)N)c(F)c2)cc1)C(=O)O. The zero-order valence-corrected chi connectivity index (χ0v) is 14.0. The molecule has 0 spiro atoms. The van der Waals surface area contributed by atoms with Gasteiger partial charge in [-0.2, -0.15) is 0 Å². The third-order valence-corrected chi connectivity index (χ3v) is 3.82. The highest BCUT2D eigenvalue weighted by molar-refractivity contribution is 5.95. The zero-order chi connectivity index (χ0) is 18.4. The standard InChI is InChI=1S/C19H21FN2O3/c1-2-3-4-17(19(23)24)25-14-8-5-12(6-9-14)13-7-10-15(18(21)22)16(20)11-13/h5-11,17H,2-4H2,1H3,(H3,21,22)(H,23,24). The average Bonchev–Trinajstić information content (AvgIpc) is 2.58. The van der Waals surface area contributed by atoms with Gasteiger partial charge in [0.15, 0.2) is 6.10 Å². The highest BCUT2D eigenvalue weighted by atomic mass is 19.1. The van der Waals surface area contributed by atoms with Gasteiger partial charge in [-0.15, -0.1) is 0 Å². The van der Waals surface area contributed by atoms with E-state index in [4.69, 9.17) is 15.9 Å². The Bertz CT molecular complexity index is 760.